The van der Waals surface area contributed by atoms with Gasteiger partial charge in [0.25, 0.3) is 5.69 Å². The van der Waals surface area contributed by atoms with Crippen LogP contribution in [-0.4, -0.2) is 22.9 Å². The Hall–Kier alpha value is -3.00. The molecule has 0 bridgehead atoms. The van der Waals surface area contributed by atoms with Crippen LogP contribution in [0, 0.1) is 10.1 Å². The van der Waals surface area contributed by atoms with Crippen molar-refractivity contribution in [3.05, 3.63) is 58.1 Å². The number of Topliss-reactive ketones (excluding diaryl/α,β-unsaturated/α-hetero) is 1. The van der Waals surface area contributed by atoms with Crippen LogP contribution in [0.1, 0.15) is 17.3 Å². The maximum absolute atomic E-state index is 11.4. The molecule has 0 saturated carbocycles. The van der Waals surface area contributed by atoms with E-state index in [9.17, 15) is 14.9 Å². The van der Waals surface area contributed by atoms with E-state index in [-0.39, 0.29) is 16.6 Å². The maximum Gasteiger partial charge on any atom is 0.271 e. The number of nitro groups is 1. The largest absolute Gasteiger partial charge is 0.495 e. The summed E-state index contributed by atoms with van der Waals surface area (Å²) < 4.78 is 5.16. The van der Waals surface area contributed by atoms with Gasteiger partial charge < -0.3 is 15.4 Å². The smallest absolute Gasteiger partial charge is 0.271 e. The van der Waals surface area contributed by atoms with Crippen LogP contribution in [-0.2, 0) is 0 Å². The first-order valence-corrected chi connectivity index (χ1v) is 7.33. The van der Waals surface area contributed by atoms with Crippen molar-refractivity contribution in [1.82, 2.24) is 0 Å². The molecule has 0 amide bonds. The Labute approximate surface area is 143 Å². The number of ketones is 1. The molecule has 0 aliphatic carbocycles. The number of carbonyl (C=O) groups excluding carboxylic acids is 1. The van der Waals surface area contributed by atoms with E-state index in [1.807, 2.05) is 0 Å². The van der Waals surface area contributed by atoms with Gasteiger partial charge in [0.2, 0.25) is 0 Å². The zero-order chi connectivity index (χ0) is 17.7. The number of nitrogens with zero attached hydrogens (tertiary/aromatic N) is 1. The molecular formula is C16H15N3O4S. The number of hydrogen-bond acceptors (Lipinski definition) is 5. The Morgan fingerprint density at radius 3 is 2.58 bits per heavy atom. The van der Waals surface area contributed by atoms with Crippen LogP contribution in [0.5, 0.6) is 5.75 Å². The number of ether oxygens (including phenoxy) is 1. The zero-order valence-corrected chi connectivity index (χ0v) is 13.8. The SMILES string of the molecule is COc1ccc([N+](=O)[O-])cc1NC(=S)Nc1cccc(C(C)=O)c1. The van der Waals surface area contributed by atoms with E-state index >= 15 is 0 Å². The molecule has 0 aliphatic heterocycles. The Kier molecular flexibility index (Phi) is 5.43. The summed E-state index contributed by atoms with van der Waals surface area (Å²) in [6, 6.07) is 11.0. The highest BCUT2D eigenvalue weighted by molar-refractivity contribution is 7.80. The quantitative estimate of drug-likeness (QED) is 0.370. The van der Waals surface area contributed by atoms with Gasteiger partial charge in [-0.15, -0.1) is 0 Å². The highest BCUT2D eigenvalue weighted by Crippen LogP contribution is 2.29. The van der Waals surface area contributed by atoms with Gasteiger partial charge >= 0.3 is 0 Å². The average Bonchev–Trinajstić information content (AvgIpc) is 2.54. The third kappa shape index (κ3) is 4.26. The molecule has 0 saturated heterocycles. The van der Waals surface area contributed by atoms with Crippen LogP contribution in [0.25, 0.3) is 0 Å². The number of carbonyl (C=O) groups is 1. The summed E-state index contributed by atoms with van der Waals surface area (Å²) >= 11 is 5.21. The number of thiocarbonyl (C=S) groups is 1. The second-order valence-corrected chi connectivity index (χ2v) is 5.27. The van der Waals surface area contributed by atoms with Gasteiger partial charge in [0.1, 0.15) is 5.75 Å². The summed E-state index contributed by atoms with van der Waals surface area (Å²) in [6.45, 7) is 1.48. The van der Waals surface area contributed by atoms with E-state index in [0.29, 0.717) is 22.7 Å². The summed E-state index contributed by atoms with van der Waals surface area (Å²) in [5.74, 6) is 0.361. The van der Waals surface area contributed by atoms with Gasteiger partial charge in [-0.25, -0.2) is 0 Å². The van der Waals surface area contributed by atoms with Crippen LogP contribution < -0.4 is 15.4 Å². The van der Waals surface area contributed by atoms with E-state index in [1.54, 1.807) is 24.3 Å². The molecule has 0 aromatic heterocycles. The fraction of sp³-hybridized carbons (Fsp3) is 0.125. The summed E-state index contributed by atoms with van der Waals surface area (Å²) in [4.78, 5) is 21.8. The number of hydrogen-bond donors (Lipinski definition) is 2. The van der Waals surface area contributed by atoms with Crippen molar-refractivity contribution in [2.45, 2.75) is 6.92 Å². The second-order valence-electron chi connectivity index (χ2n) is 4.86. The van der Waals surface area contributed by atoms with E-state index < -0.39 is 4.92 Å². The van der Waals surface area contributed by atoms with Crippen LogP contribution in [0.4, 0.5) is 17.1 Å². The minimum Gasteiger partial charge on any atom is -0.495 e. The molecule has 0 aliphatic rings. The number of anilines is 2. The summed E-state index contributed by atoms with van der Waals surface area (Å²) in [5, 5.41) is 16.9. The van der Waals surface area contributed by atoms with Crippen molar-refractivity contribution >= 4 is 40.2 Å². The molecule has 2 aromatic rings. The van der Waals surface area contributed by atoms with Crippen molar-refractivity contribution < 1.29 is 14.5 Å². The lowest BCUT2D eigenvalue weighted by atomic mass is 10.1. The van der Waals surface area contributed by atoms with Crippen LogP contribution in [0.2, 0.25) is 0 Å². The topological polar surface area (TPSA) is 93.5 Å². The van der Waals surface area contributed by atoms with Gasteiger partial charge in [-0.1, -0.05) is 12.1 Å². The molecule has 8 heteroatoms. The number of rotatable bonds is 5. The first kappa shape index (κ1) is 17.4. The van der Waals surface area contributed by atoms with E-state index in [4.69, 9.17) is 17.0 Å². The number of non-ortho nitro benzene ring substituents is 1. The normalized spacial score (nSPS) is 9.92. The highest BCUT2D eigenvalue weighted by Gasteiger charge is 2.12. The van der Waals surface area contributed by atoms with Gasteiger partial charge in [-0.05, 0) is 37.3 Å². The standard InChI is InChI=1S/C16H15N3O4S/c1-10(20)11-4-3-5-12(8-11)17-16(24)18-14-9-13(19(21)22)6-7-15(14)23-2/h3-9H,1-2H3,(H2,17,18,24). The third-order valence-electron chi connectivity index (χ3n) is 3.17. The molecule has 2 aromatic carbocycles. The van der Waals surface area contributed by atoms with Crippen LogP contribution in [0.15, 0.2) is 42.5 Å². The fourth-order valence-electron chi connectivity index (χ4n) is 2.01. The highest BCUT2D eigenvalue weighted by atomic mass is 32.1. The predicted molar refractivity (Wildman–Crippen MR) is 95.9 cm³/mol. The van der Waals surface area contributed by atoms with Crippen LogP contribution in [0.3, 0.4) is 0 Å². The average molecular weight is 345 g/mol. The Morgan fingerprint density at radius 2 is 1.96 bits per heavy atom. The van der Waals surface area contributed by atoms with Crippen molar-refractivity contribution in [3.8, 4) is 5.75 Å². The molecule has 124 valence electrons. The van der Waals surface area contributed by atoms with Crippen molar-refractivity contribution in [2.24, 2.45) is 0 Å². The molecule has 7 nitrogen and oxygen atoms in total. The Morgan fingerprint density at radius 1 is 1.21 bits per heavy atom. The Bertz CT molecular complexity index is 808. The molecule has 0 unspecified atom stereocenters. The monoisotopic (exact) mass is 345 g/mol. The number of methoxy groups -OCH3 is 1. The summed E-state index contributed by atoms with van der Waals surface area (Å²) in [6.07, 6.45) is 0. The summed E-state index contributed by atoms with van der Waals surface area (Å²) in [5.41, 5.74) is 1.46. The first-order chi connectivity index (χ1) is 11.4. The van der Waals surface area contributed by atoms with E-state index in [1.165, 1.54) is 32.2 Å². The molecule has 24 heavy (non-hydrogen) atoms. The fourth-order valence-corrected chi connectivity index (χ4v) is 2.24. The molecule has 0 heterocycles. The van der Waals surface area contributed by atoms with Crippen molar-refractivity contribution in [1.29, 1.82) is 0 Å². The minimum absolute atomic E-state index is 0.0575. The Balaban J connectivity index is 2.17. The zero-order valence-electron chi connectivity index (χ0n) is 13.0. The van der Waals surface area contributed by atoms with Gasteiger partial charge in [-0.2, -0.15) is 0 Å². The lowest BCUT2D eigenvalue weighted by Gasteiger charge is -2.13. The van der Waals surface area contributed by atoms with E-state index in [2.05, 4.69) is 10.6 Å². The minimum atomic E-state index is -0.503. The van der Waals surface area contributed by atoms with Gasteiger partial charge in [-0.3, -0.25) is 14.9 Å². The molecule has 0 spiro atoms. The molecule has 2 N–H and O–H groups in total. The lowest BCUT2D eigenvalue weighted by molar-refractivity contribution is -0.384. The van der Waals surface area contributed by atoms with Gasteiger partial charge in [0, 0.05) is 23.4 Å². The van der Waals surface area contributed by atoms with Gasteiger partial charge in [0.05, 0.1) is 17.7 Å². The molecule has 2 rings (SSSR count). The lowest BCUT2D eigenvalue weighted by Crippen LogP contribution is -2.19. The summed E-state index contributed by atoms with van der Waals surface area (Å²) in [7, 11) is 1.46. The predicted octanol–water partition coefficient (Wildman–Crippen LogP) is 3.61. The number of nitrogens with one attached hydrogen (secondary N) is 2. The molecule has 0 fully saturated rings. The van der Waals surface area contributed by atoms with Crippen LogP contribution >= 0.6 is 12.2 Å². The molecule has 0 atom stereocenters. The first-order valence-electron chi connectivity index (χ1n) is 6.92. The third-order valence-corrected chi connectivity index (χ3v) is 3.37. The second kappa shape index (κ2) is 7.51. The van der Waals surface area contributed by atoms with E-state index in [0.717, 1.165) is 0 Å². The number of benzene rings is 2. The van der Waals surface area contributed by atoms with Crippen molar-refractivity contribution in [2.75, 3.05) is 17.7 Å². The van der Waals surface area contributed by atoms with Gasteiger partial charge in [0.15, 0.2) is 10.9 Å². The number of nitro benzene ring substituents is 1. The molecule has 0 radical (unpaired) electrons. The maximum atomic E-state index is 11.4. The van der Waals surface area contributed by atoms with Crippen molar-refractivity contribution in [3.63, 3.8) is 0 Å². The molecular weight excluding hydrogens is 330 g/mol.